The highest BCUT2D eigenvalue weighted by Crippen LogP contribution is 2.36. The molecule has 2 rings (SSSR count). The Bertz CT molecular complexity index is 610. The van der Waals surface area contributed by atoms with Gasteiger partial charge in [0.05, 0.1) is 6.10 Å². The molecule has 2 nitrogen and oxygen atoms in total. The quantitative estimate of drug-likeness (QED) is 0.466. The summed E-state index contributed by atoms with van der Waals surface area (Å²) in [6.07, 6.45) is 4.64. The van der Waals surface area contributed by atoms with Gasteiger partial charge < -0.3 is 9.53 Å². The molecule has 2 aromatic rings. The number of hydrogen-bond donors (Lipinski definition) is 1. The molecule has 2 aromatic carbocycles. The van der Waals surface area contributed by atoms with E-state index in [9.17, 15) is 5.11 Å². The Morgan fingerprint density at radius 3 is 1.78 bits per heavy atom. The van der Waals surface area contributed by atoms with E-state index in [-0.39, 0.29) is 11.1 Å². The van der Waals surface area contributed by atoms with E-state index in [4.69, 9.17) is 4.43 Å². The molecule has 0 aliphatic carbocycles. The molecule has 0 aromatic heterocycles. The van der Waals surface area contributed by atoms with Crippen molar-refractivity contribution in [3.63, 3.8) is 0 Å². The van der Waals surface area contributed by atoms with Crippen LogP contribution in [-0.4, -0.2) is 26.1 Å². The van der Waals surface area contributed by atoms with Gasteiger partial charge in [-0.25, -0.2) is 0 Å². The third-order valence-corrected chi connectivity index (χ3v) is 10.4. The van der Waals surface area contributed by atoms with Crippen molar-refractivity contribution in [3.05, 3.63) is 60.7 Å². The van der Waals surface area contributed by atoms with Gasteiger partial charge in [-0.05, 0) is 34.7 Å². The highest BCUT2D eigenvalue weighted by molar-refractivity contribution is 6.99. The zero-order chi connectivity index (χ0) is 19.8. The third kappa shape index (κ3) is 5.53. The molecule has 1 N–H and O–H groups in total. The maximum atomic E-state index is 10.2. The summed E-state index contributed by atoms with van der Waals surface area (Å²) in [5.41, 5.74) is 0. The first kappa shape index (κ1) is 21.9. The standard InChI is InChI=1S/C24H36O2Si/c1-5-6-14-21(25)15-13-20-26-27(24(2,3)4,22-16-9-7-10-17-22)23-18-11-8-12-19-23/h7-12,16-19,21,25H,5-6,13-15,20H2,1-4H3. The molecule has 0 fully saturated rings. The van der Waals surface area contributed by atoms with Gasteiger partial charge in [-0.2, -0.15) is 0 Å². The lowest BCUT2D eigenvalue weighted by atomic mass is 10.1. The minimum atomic E-state index is -2.43. The largest absolute Gasteiger partial charge is 0.407 e. The van der Waals surface area contributed by atoms with Gasteiger partial charge in [0, 0.05) is 6.61 Å². The fraction of sp³-hybridized carbons (Fsp3) is 0.500. The Balaban J connectivity index is 2.25. The summed E-state index contributed by atoms with van der Waals surface area (Å²) in [5.74, 6) is 0. The number of rotatable bonds is 10. The Kier molecular flexibility index (Phi) is 8.27. The van der Waals surface area contributed by atoms with E-state index in [1.807, 2.05) is 0 Å². The van der Waals surface area contributed by atoms with Crippen molar-refractivity contribution in [1.82, 2.24) is 0 Å². The first-order valence-corrected chi connectivity index (χ1v) is 12.3. The van der Waals surface area contributed by atoms with Crippen LogP contribution in [0.1, 0.15) is 59.8 Å². The summed E-state index contributed by atoms with van der Waals surface area (Å²) >= 11 is 0. The summed E-state index contributed by atoms with van der Waals surface area (Å²) in [7, 11) is -2.43. The van der Waals surface area contributed by atoms with Gasteiger partial charge >= 0.3 is 0 Å². The summed E-state index contributed by atoms with van der Waals surface area (Å²) in [6.45, 7) is 9.76. The maximum Gasteiger partial charge on any atom is 0.261 e. The minimum absolute atomic E-state index is 0.0104. The number of benzene rings is 2. The first-order valence-electron chi connectivity index (χ1n) is 10.3. The highest BCUT2D eigenvalue weighted by atomic mass is 28.4. The predicted octanol–water partition coefficient (Wildman–Crippen LogP) is 4.89. The van der Waals surface area contributed by atoms with Crippen LogP contribution in [0.3, 0.4) is 0 Å². The third-order valence-electron chi connectivity index (χ3n) is 5.31. The second kappa shape index (κ2) is 10.2. The van der Waals surface area contributed by atoms with Crippen LogP contribution in [0.15, 0.2) is 60.7 Å². The van der Waals surface area contributed by atoms with Crippen molar-refractivity contribution in [2.24, 2.45) is 0 Å². The van der Waals surface area contributed by atoms with Gasteiger partial charge in [0.15, 0.2) is 0 Å². The molecule has 3 heteroatoms. The zero-order valence-corrected chi connectivity index (χ0v) is 18.4. The predicted molar refractivity (Wildman–Crippen MR) is 118 cm³/mol. The molecule has 1 unspecified atom stereocenters. The van der Waals surface area contributed by atoms with E-state index >= 15 is 0 Å². The Labute approximate surface area is 166 Å². The van der Waals surface area contributed by atoms with Crippen molar-refractivity contribution in [3.8, 4) is 0 Å². The molecule has 0 heterocycles. The van der Waals surface area contributed by atoms with Crippen molar-refractivity contribution >= 4 is 18.7 Å². The van der Waals surface area contributed by atoms with Crippen LogP contribution in [0.5, 0.6) is 0 Å². The Morgan fingerprint density at radius 1 is 0.852 bits per heavy atom. The summed E-state index contributed by atoms with van der Waals surface area (Å²) in [6, 6.07) is 21.5. The molecule has 0 aliphatic rings. The van der Waals surface area contributed by atoms with Crippen LogP contribution in [-0.2, 0) is 4.43 Å². The molecular formula is C24H36O2Si. The molecular weight excluding hydrogens is 348 g/mol. The Morgan fingerprint density at radius 2 is 1.33 bits per heavy atom. The molecule has 0 saturated carbocycles. The van der Waals surface area contributed by atoms with E-state index in [0.717, 1.165) is 32.1 Å². The molecule has 0 saturated heterocycles. The van der Waals surface area contributed by atoms with Crippen LogP contribution in [0.2, 0.25) is 5.04 Å². The number of aliphatic hydroxyl groups excluding tert-OH is 1. The normalized spacial score (nSPS) is 13.5. The van der Waals surface area contributed by atoms with Gasteiger partial charge in [0.1, 0.15) is 0 Å². The number of unbranched alkanes of at least 4 members (excludes halogenated alkanes) is 1. The minimum Gasteiger partial charge on any atom is -0.407 e. The van der Waals surface area contributed by atoms with E-state index in [0.29, 0.717) is 6.61 Å². The van der Waals surface area contributed by atoms with E-state index < -0.39 is 8.32 Å². The molecule has 0 radical (unpaired) electrons. The molecule has 148 valence electrons. The fourth-order valence-electron chi connectivity index (χ4n) is 3.89. The molecule has 1 atom stereocenters. The zero-order valence-electron chi connectivity index (χ0n) is 17.4. The molecule has 0 spiro atoms. The average Bonchev–Trinajstić information content (AvgIpc) is 2.67. The van der Waals surface area contributed by atoms with E-state index in [1.54, 1.807) is 0 Å². The lowest BCUT2D eigenvalue weighted by Gasteiger charge is -2.43. The van der Waals surface area contributed by atoms with Crippen LogP contribution >= 0.6 is 0 Å². The fourth-order valence-corrected chi connectivity index (χ4v) is 8.50. The lowest BCUT2D eigenvalue weighted by Crippen LogP contribution is -2.66. The van der Waals surface area contributed by atoms with Gasteiger partial charge in [0.2, 0.25) is 0 Å². The highest BCUT2D eigenvalue weighted by Gasteiger charge is 2.49. The second-order valence-electron chi connectivity index (χ2n) is 8.45. The van der Waals surface area contributed by atoms with Gasteiger partial charge in [-0.3, -0.25) is 0 Å². The summed E-state index contributed by atoms with van der Waals surface area (Å²) in [5, 5.41) is 12.8. The van der Waals surface area contributed by atoms with Crippen molar-refractivity contribution in [2.45, 2.75) is 70.9 Å². The van der Waals surface area contributed by atoms with Crippen molar-refractivity contribution in [1.29, 1.82) is 0 Å². The van der Waals surface area contributed by atoms with Crippen LogP contribution in [0.25, 0.3) is 0 Å². The van der Waals surface area contributed by atoms with Crippen molar-refractivity contribution < 1.29 is 9.53 Å². The monoisotopic (exact) mass is 384 g/mol. The van der Waals surface area contributed by atoms with Crippen LogP contribution in [0.4, 0.5) is 0 Å². The lowest BCUT2D eigenvalue weighted by molar-refractivity contribution is 0.140. The Hall–Kier alpha value is -1.42. The summed E-state index contributed by atoms with van der Waals surface area (Å²) < 4.78 is 6.85. The smallest absolute Gasteiger partial charge is 0.261 e. The maximum absolute atomic E-state index is 10.2. The number of hydrogen-bond acceptors (Lipinski definition) is 2. The van der Waals surface area contributed by atoms with Gasteiger partial charge in [-0.1, -0.05) is 101 Å². The van der Waals surface area contributed by atoms with Gasteiger partial charge in [-0.15, -0.1) is 0 Å². The molecule has 0 aliphatic heterocycles. The van der Waals surface area contributed by atoms with Crippen LogP contribution in [0, 0.1) is 0 Å². The molecule has 0 amide bonds. The molecule has 27 heavy (non-hydrogen) atoms. The van der Waals surface area contributed by atoms with Crippen molar-refractivity contribution in [2.75, 3.05) is 6.61 Å². The summed E-state index contributed by atoms with van der Waals surface area (Å²) in [4.78, 5) is 0. The van der Waals surface area contributed by atoms with Crippen LogP contribution < -0.4 is 10.4 Å². The second-order valence-corrected chi connectivity index (χ2v) is 12.8. The van der Waals surface area contributed by atoms with Gasteiger partial charge in [0.25, 0.3) is 8.32 Å². The first-order chi connectivity index (χ1) is 12.9. The average molecular weight is 385 g/mol. The topological polar surface area (TPSA) is 29.5 Å². The number of aliphatic hydroxyl groups is 1. The van der Waals surface area contributed by atoms with E-state index in [1.165, 1.54) is 10.4 Å². The SMILES string of the molecule is CCCCC(O)CCCO[Si](c1ccccc1)(c1ccccc1)C(C)(C)C. The molecule has 0 bridgehead atoms. The van der Waals surface area contributed by atoms with E-state index in [2.05, 4.69) is 88.4 Å².